The standard InChI is InChI=1S/C30H28F2N6O2S/c1-5-25(39)37-8-6-21(16-37)38-15-19(13-34-38)29-27(26-23(32)10-20(31)11-24(26)40-17(2)3)30-22(7-9-41-30)28(35-29)18-12-33-36(4)14-18/h5,7,9-15,17,21H,1,6,8,16H2,2-4H3/t21-/m0/s1. The molecule has 1 aromatic carbocycles. The molecule has 5 aromatic rings. The fraction of sp³-hybridized carbons (Fsp3) is 0.267. The fourth-order valence-electron chi connectivity index (χ4n) is 5.32. The molecule has 0 radical (unpaired) electrons. The maximum absolute atomic E-state index is 15.8. The molecule has 41 heavy (non-hydrogen) atoms. The van der Waals surface area contributed by atoms with Gasteiger partial charge in [0.25, 0.3) is 0 Å². The van der Waals surface area contributed by atoms with Crippen LogP contribution >= 0.6 is 11.3 Å². The number of hydrogen-bond donors (Lipinski definition) is 0. The number of aryl methyl sites for hydroxylation is 1. The molecule has 0 unspecified atom stereocenters. The van der Waals surface area contributed by atoms with Gasteiger partial charge in [0.15, 0.2) is 0 Å². The number of fused-ring (bicyclic) bond motifs is 1. The first-order valence-corrected chi connectivity index (χ1v) is 14.1. The van der Waals surface area contributed by atoms with E-state index in [0.29, 0.717) is 35.6 Å². The highest BCUT2D eigenvalue weighted by atomic mass is 32.1. The van der Waals surface area contributed by atoms with Gasteiger partial charge in [0.05, 0.1) is 41.5 Å². The summed E-state index contributed by atoms with van der Waals surface area (Å²) >= 11 is 1.45. The molecule has 0 bridgehead atoms. The molecular weight excluding hydrogens is 546 g/mol. The number of carbonyl (C=O) groups is 1. The summed E-state index contributed by atoms with van der Waals surface area (Å²) in [6.45, 7) is 8.32. The average molecular weight is 575 g/mol. The monoisotopic (exact) mass is 574 g/mol. The number of pyridine rings is 1. The Labute approximate surface area is 239 Å². The minimum atomic E-state index is -0.741. The number of aromatic nitrogens is 5. The van der Waals surface area contributed by atoms with Gasteiger partial charge in [-0.15, -0.1) is 11.3 Å². The summed E-state index contributed by atoms with van der Waals surface area (Å²) in [6, 6.07) is 4.00. The molecule has 4 aromatic heterocycles. The van der Waals surface area contributed by atoms with Gasteiger partial charge in [-0.2, -0.15) is 10.2 Å². The molecule has 6 rings (SSSR count). The Hall–Kier alpha value is -4.38. The summed E-state index contributed by atoms with van der Waals surface area (Å²) in [7, 11) is 1.83. The van der Waals surface area contributed by atoms with Crippen LogP contribution in [0.2, 0.25) is 0 Å². The van der Waals surface area contributed by atoms with E-state index in [-0.39, 0.29) is 29.4 Å². The van der Waals surface area contributed by atoms with E-state index in [0.717, 1.165) is 28.1 Å². The van der Waals surface area contributed by atoms with Gasteiger partial charge < -0.3 is 9.64 Å². The summed E-state index contributed by atoms with van der Waals surface area (Å²) in [6.07, 6.45) is 8.92. The summed E-state index contributed by atoms with van der Waals surface area (Å²) in [5.74, 6) is -1.48. The molecule has 1 amide bonds. The summed E-state index contributed by atoms with van der Waals surface area (Å²) in [5.41, 5.74) is 3.30. The molecule has 11 heteroatoms. The van der Waals surface area contributed by atoms with Crippen molar-refractivity contribution in [2.45, 2.75) is 32.4 Å². The van der Waals surface area contributed by atoms with Crippen molar-refractivity contribution in [1.29, 1.82) is 0 Å². The highest BCUT2D eigenvalue weighted by Crippen LogP contribution is 2.47. The van der Waals surface area contributed by atoms with Gasteiger partial charge in [-0.25, -0.2) is 13.8 Å². The van der Waals surface area contributed by atoms with E-state index in [1.807, 2.05) is 49.4 Å². The first kappa shape index (κ1) is 26.8. The number of thiophene rings is 1. The lowest BCUT2D eigenvalue weighted by Crippen LogP contribution is -2.27. The Morgan fingerprint density at radius 1 is 1.15 bits per heavy atom. The van der Waals surface area contributed by atoms with Crippen LogP contribution in [0, 0.1) is 11.6 Å². The Morgan fingerprint density at radius 3 is 2.66 bits per heavy atom. The first-order chi connectivity index (χ1) is 19.7. The lowest BCUT2D eigenvalue weighted by Gasteiger charge is -2.19. The average Bonchev–Trinajstić information content (AvgIpc) is 3.74. The summed E-state index contributed by atoms with van der Waals surface area (Å²) in [4.78, 5) is 19.0. The number of nitrogens with zero attached hydrogens (tertiary/aromatic N) is 6. The maximum atomic E-state index is 15.8. The molecule has 1 fully saturated rings. The zero-order valence-corrected chi connectivity index (χ0v) is 23.7. The zero-order valence-electron chi connectivity index (χ0n) is 22.8. The van der Waals surface area contributed by atoms with Gasteiger partial charge in [-0.05, 0) is 37.8 Å². The SMILES string of the molecule is C=CC(=O)N1CC[C@H](n2cc(-c3nc(-c4cnn(C)c4)c4ccsc4c3-c3c(F)cc(F)cc3OC(C)C)cn2)C1. The third-order valence-electron chi connectivity index (χ3n) is 7.12. The number of halogens is 2. The van der Waals surface area contributed by atoms with Gasteiger partial charge in [0.1, 0.15) is 17.4 Å². The van der Waals surface area contributed by atoms with Gasteiger partial charge in [-0.3, -0.25) is 14.2 Å². The van der Waals surface area contributed by atoms with Gasteiger partial charge in [0, 0.05) is 71.4 Å². The van der Waals surface area contributed by atoms with Crippen molar-refractivity contribution < 1.29 is 18.3 Å². The van der Waals surface area contributed by atoms with E-state index in [9.17, 15) is 9.18 Å². The Bertz CT molecular complexity index is 1790. The number of likely N-dealkylation sites (tertiary alicyclic amines) is 1. The molecule has 8 nitrogen and oxygen atoms in total. The topological polar surface area (TPSA) is 78.1 Å². The lowest BCUT2D eigenvalue weighted by molar-refractivity contribution is -0.125. The second kappa shape index (κ2) is 10.5. The number of rotatable bonds is 7. The van der Waals surface area contributed by atoms with Crippen LogP contribution in [0.3, 0.4) is 0 Å². The quantitative estimate of drug-likeness (QED) is 0.215. The van der Waals surface area contributed by atoms with Crippen molar-refractivity contribution in [3.05, 3.63) is 72.7 Å². The van der Waals surface area contributed by atoms with E-state index in [1.54, 1.807) is 22.0 Å². The van der Waals surface area contributed by atoms with Crippen LogP contribution in [0.25, 0.3) is 43.7 Å². The first-order valence-electron chi connectivity index (χ1n) is 13.3. The van der Waals surface area contributed by atoms with Crippen molar-refractivity contribution in [3.8, 4) is 39.4 Å². The van der Waals surface area contributed by atoms with Crippen molar-refractivity contribution in [3.63, 3.8) is 0 Å². The largest absolute Gasteiger partial charge is 0.490 e. The normalized spacial score (nSPS) is 15.3. The van der Waals surface area contributed by atoms with Gasteiger partial charge >= 0.3 is 0 Å². The van der Waals surface area contributed by atoms with Crippen LogP contribution in [-0.2, 0) is 11.8 Å². The van der Waals surface area contributed by atoms with E-state index in [1.165, 1.54) is 23.5 Å². The van der Waals surface area contributed by atoms with Crippen LogP contribution in [0.4, 0.5) is 8.78 Å². The molecule has 210 valence electrons. The molecular formula is C30H28F2N6O2S. The molecule has 0 spiro atoms. The molecule has 0 aliphatic carbocycles. The number of hydrogen-bond acceptors (Lipinski definition) is 6. The van der Waals surface area contributed by atoms with Crippen LogP contribution in [-0.4, -0.2) is 54.5 Å². The fourth-order valence-corrected chi connectivity index (χ4v) is 6.26. The van der Waals surface area contributed by atoms with Gasteiger partial charge in [-0.1, -0.05) is 6.58 Å². The summed E-state index contributed by atoms with van der Waals surface area (Å²) in [5, 5.41) is 11.7. The molecule has 1 aliphatic heterocycles. The van der Waals surface area contributed by atoms with Crippen molar-refractivity contribution in [2.75, 3.05) is 13.1 Å². The minimum Gasteiger partial charge on any atom is -0.490 e. The Kier molecular flexibility index (Phi) is 6.90. The smallest absolute Gasteiger partial charge is 0.246 e. The number of benzene rings is 1. The van der Waals surface area contributed by atoms with Crippen LogP contribution in [0.15, 0.2) is 61.0 Å². The van der Waals surface area contributed by atoms with Crippen LogP contribution in [0.5, 0.6) is 5.75 Å². The van der Waals surface area contributed by atoms with Crippen LogP contribution < -0.4 is 4.74 Å². The van der Waals surface area contributed by atoms with Crippen molar-refractivity contribution >= 4 is 27.3 Å². The molecule has 0 N–H and O–H groups in total. The molecule has 1 atom stereocenters. The molecule has 1 aliphatic rings. The molecule has 1 saturated heterocycles. The lowest BCUT2D eigenvalue weighted by atomic mass is 9.96. The second-order valence-electron chi connectivity index (χ2n) is 10.3. The summed E-state index contributed by atoms with van der Waals surface area (Å²) < 4.78 is 40.5. The van der Waals surface area contributed by atoms with E-state index in [4.69, 9.17) is 9.72 Å². The van der Waals surface area contributed by atoms with Gasteiger partial charge in [0.2, 0.25) is 5.91 Å². The number of amides is 1. The second-order valence-corrected chi connectivity index (χ2v) is 11.2. The van der Waals surface area contributed by atoms with E-state index in [2.05, 4.69) is 16.8 Å². The van der Waals surface area contributed by atoms with E-state index < -0.39 is 11.6 Å². The number of carbonyl (C=O) groups excluding carboxylic acids is 1. The third kappa shape index (κ3) is 4.90. The molecule has 5 heterocycles. The highest BCUT2D eigenvalue weighted by Gasteiger charge is 2.29. The number of ether oxygens (including phenoxy) is 1. The Balaban J connectivity index is 1.58. The maximum Gasteiger partial charge on any atom is 0.246 e. The predicted molar refractivity (Wildman–Crippen MR) is 155 cm³/mol. The Morgan fingerprint density at radius 2 is 1.93 bits per heavy atom. The predicted octanol–water partition coefficient (Wildman–Crippen LogP) is 6.25. The van der Waals surface area contributed by atoms with E-state index >= 15 is 4.39 Å². The van der Waals surface area contributed by atoms with Crippen LogP contribution in [0.1, 0.15) is 26.3 Å². The highest BCUT2D eigenvalue weighted by molar-refractivity contribution is 7.18. The van der Waals surface area contributed by atoms with Crippen molar-refractivity contribution in [1.82, 2.24) is 29.4 Å². The minimum absolute atomic E-state index is 0.0262. The van der Waals surface area contributed by atoms with Crippen molar-refractivity contribution in [2.24, 2.45) is 7.05 Å². The molecule has 0 saturated carbocycles. The third-order valence-corrected chi connectivity index (χ3v) is 8.05. The zero-order chi connectivity index (χ0) is 28.8.